The fraction of sp³-hybridized carbons (Fsp3) is 0.0476. The predicted octanol–water partition coefficient (Wildman–Crippen LogP) is 11.2. The van der Waals surface area contributed by atoms with Gasteiger partial charge in [0.05, 0.1) is 11.4 Å². The molecule has 2 aromatic heterocycles. The summed E-state index contributed by atoms with van der Waals surface area (Å²) in [5, 5.41) is 4.72. The van der Waals surface area contributed by atoms with E-state index < -0.39 is 0 Å². The molecule has 0 amide bonds. The average molecular weight is 577 g/mol. The molecule has 6 aromatic carbocycles. The highest BCUT2D eigenvalue weighted by atomic mass is 16.3. The highest BCUT2D eigenvalue weighted by molar-refractivity contribution is 6.19. The van der Waals surface area contributed by atoms with E-state index in [1.54, 1.807) is 0 Å². The molecule has 0 N–H and O–H groups in total. The Morgan fingerprint density at radius 2 is 1.20 bits per heavy atom. The van der Waals surface area contributed by atoms with E-state index in [1.807, 2.05) is 36.4 Å². The summed E-state index contributed by atoms with van der Waals surface area (Å²) in [5.74, 6) is 0.702. The Kier molecular flexibility index (Phi) is 5.95. The molecule has 0 atom stereocenters. The summed E-state index contributed by atoms with van der Waals surface area (Å²) in [5.41, 5.74) is 11.6. The van der Waals surface area contributed by atoms with Gasteiger partial charge in [-0.1, -0.05) is 133 Å². The van der Waals surface area contributed by atoms with Gasteiger partial charge in [0.1, 0.15) is 11.2 Å². The van der Waals surface area contributed by atoms with Crippen molar-refractivity contribution in [1.29, 1.82) is 0 Å². The quantitative estimate of drug-likeness (QED) is 0.209. The standard InChI is InChI=1S/C42H28N2O/c1-3-11-29(12-4-1)37-26-38(30-13-5-2-6-14-30)44-42(43-37)32-22-19-28(20-23-32)34-16-9-17-35-36-25-24-31-21-18-27-10-7-8-15-33(27)39(31)41(36)45-40(34)35/h1-6,8-9,11-26H,7,10H2. The number of allylic oxidation sites excluding steroid dienone is 1. The van der Waals surface area contributed by atoms with Gasteiger partial charge in [-0.3, -0.25) is 0 Å². The molecule has 0 unspecified atom stereocenters. The molecule has 1 aliphatic rings. The van der Waals surface area contributed by atoms with Crippen LogP contribution >= 0.6 is 0 Å². The molecule has 2 heterocycles. The molecule has 0 spiro atoms. The summed E-state index contributed by atoms with van der Waals surface area (Å²) < 4.78 is 6.80. The molecule has 1 aliphatic carbocycles. The smallest absolute Gasteiger partial charge is 0.160 e. The first-order chi connectivity index (χ1) is 22.3. The van der Waals surface area contributed by atoms with Crippen LogP contribution in [-0.4, -0.2) is 9.97 Å². The molecule has 0 radical (unpaired) electrons. The van der Waals surface area contributed by atoms with Crippen molar-refractivity contribution in [1.82, 2.24) is 9.97 Å². The van der Waals surface area contributed by atoms with Gasteiger partial charge in [-0.2, -0.15) is 0 Å². The molecule has 0 saturated heterocycles. The Morgan fingerprint density at radius 3 is 1.93 bits per heavy atom. The lowest BCUT2D eigenvalue weighted by Crippen LogP contribution is -1.95. The van der Waals surface area contributed by atoms with E-state index in [2.05, 4.69) is 109 Å². The molecule has 8 aromatic rings. The second-order valence-corrected chi connectivity index (χ2v) is 11.7. The molecule has 45 heavy (non-hydrogen) atoms. The van der Waals surface area contributed by atoms with Crippen LogP contribution in [-0.2, 0) is 6.42 Å². The van der Waals surface area contributed by atoms with Crippen molar-refractivity contribution in [3.63, 3.8) is 0 Å². The number of furan rings is 1. The Morgan fingerprint density at radius 1 is 0.533 bits per heavy atom. The molecule has 0 saturated carbocycles. The van der Waals surface area contributed by atoms with E-state index in [1.165, 1.54) is 21.9 Å². The van der Waals surface area contributed by atoms with E-state index in [9.17, 15) is 0 Å². The van der Waals surface area contributed by atoms with E-state index in [4.69, 9.17) is 14.4 Å². The van der Waals surface area contributed by atoms with Gasteiger partial charge in [0, 0.05) is 38.4 Å². The van der Waals surface area contributed by atoms with Crippen molar-refractivity contribution in [3.8, 4) is 45.0 Å². The van der Waals surface area contributed by atoms with E-state index >= 15 is 0 Å². The largest absolute Gasteiger partial charge is 0.455 e. The highest BCUT2D eigenvalue weighted by Crippen LogP contribution is 2.41. The Hall–Kier alpha value is -5.80. The minimum atomic E-state index is 0.702. The molecule has 0 bridgehead atoms. The third-order valence-corrected chi connectivity index (χ3v) is 8.96. The monoisotopic (exact) mass is 576 g/mol. The van der Waals surface area contributed by atoms with Crippen LogP contribution in [0.25, 0.3) is 83.8 Å². The zero-order chi connectivity index (χ0) is 29.7. The molecule has 9 rings (SSSR count). The second kappa shape index (κ2) is 10.4. The molecule has 212 valence electrons. The van der Waals surface area contributed by atoms with Crippen molar-refractivity contribution in [2.24, 2.45) is 0 Å². The fourth-order valence-electron chi connectivity index (χ4n) is 6.70. The topological polar surface area (TPSA) is 38.9 Å². The van der Waals surface area contributed by atoms with E-state index in [-0.39, 0.29) is 0 Å². The molecule has 0 fully saturated rings. The number of rotatable bonds is 4. The fourth-order valence-corrected chi connectivity index (χ4v) is 6.70. The lowest BCUT2D eigenvalue weighted by atomic mass is 9.91. The van der Waals surface area contributed by atoms with Crippen molar-refractivity contribution in [2.75, 3.05) is 0 Å². The summed E-state index contributed by atoms with van der Waals surface area (Å²) in [6.07, 6.45) is 6.70. The van der Waals surface area contributed by atoms with Crippen LogP contribution in [0.3, 0.4) is 0 Å². The van der Waals surface area contributed by atoms with E-state index in [0.717, 1.165) is 74.0 Å². The van der Waals surface area contributed by atoms with Crippen molar-refractivity contribution < 1.29 is 4.42 Å². The first kappa shape index (κ1) is 25.7. The summed E-state index contributed by atoms with van der Waals surface area (Å²) in [6, 6.07) is 46.6. The van der Waals surface area contributed by atoms with Gasteiger partial charge >= 0.3 is 0 Å². The SMILES string of the molecule is C1=Cc2c(ccc3ccc4c5cccc(-c6ccc(-c7nc(-c8ccccc8)cc(-c8ccccc8)n7)cc6)c5oc4c23)CC1. The summed E-state index contributed by atoms with van der Waals surface area (Å²) in [6.45, 7) is 0. The van der Waals surface area contributed by atoms with Gasteiger partial charge in [0.25, 0.3) is 0 Å². The van der Waals surface area contributed by atoms with Gasteiger partial charge in [-0.25, -0.2) is 9.97 Å². The third-order valence-electron chi connectivity index (χ3n) is 8.96. The van der Waals surface area contributed by atoms with Gasteiger partial charge in [-0.15, -0.1) is 0 Å². The maximum absolute atomic E-state index is 6.80. The van der Waals surface area contributed by atoms with Crippen LogP contribution in [0.5, 0.6) is 0 Å². The maximum Gasteiger partial charge on any atom is 0.160 e. The number of hydrogen-bond donors (Lipinski definition) is 0. The van der Waals surface area contributed by atoms with Crippen LogP contribution in [0.2, 0.25) is 0 Å². The van der Waals surface area contributed by atoms with Crippen molar-refractivity contribution >= 4 is 38.8 Å². The molecular weight excluding hydrogens is 548 g/mol. The number of benzene rings is 6. The van der Waals surface area contributed by atoms with Crippen LogP contribution in [0.4, 0.5) is 0 Å². The van der Waals surface area contributed by atoms with Gasteiger partial charge < -0.3 is 4.42 Å². The Bertz CT molecular complexity index is 2350. The average Bonchev–Trinajstić information content (AvgIpc) is 3.51. The third kappa shape index (κ3) is 4.36. The number of para-hydroxylation sites is 1. The van der Waals surface area contributed by atoms with E-state index in [0.29, 0.717) is 5.82 Å². The molecular formula is C42H28N2O. The van der Waals surface area contributed by atoms with Gasteiger partial charge in [0.15, 0.2) is 5.82 Å². The lowest BCUT2D eigenvalue weighted by Gasteiger charge is -2.13. The zero-order valence-corrected chi connectivity index (χ0v) is 24.6. The maximum atomic E-state index is 6.80. The number of nitrogens with zero attached hydrogens (tertiary/aromatic N) is 2. The first-order valence-electron chi connectivity index (χ1n) is 15.5. The minimum Gasteiger partial charge on any atom is -0.455 e. The zero-order valence-electron chi connectivity index (χ0n) is 24.6. The van der Waals surface area contributed by atoms with Gasteiger partial charge in [0.2, 0.25) is 0 Å². The first-order valence-corrected chi connectivity index (χ1v) is 15.5. The summed E-state index contributed by atoms with van der Waals surface area (Å²) in [4.78, 5) is 10.0. The van der Waals surface area contributed by atoms with Gasteiger partial charge in [-0.05, 0) is 47.1 Å². The number of hydrogen-bond acceptors (Lipinski definition) is 3. The Balaban J connectivity index is 1.17. The molecule has 3 nitrogen and oxygen atoms in total. The van der Waals surface area contributed by atoms with Crippen molar-refractivity contribution in [2.45, 2.75) is 12.8 Å². The predicted molar refractivity (Wildman–Crippen MR) is 186 cm³/mol. The number of aromatic nitrogens is 2. The van der Waals surface area contributed by atoms with Crippen LogP contribution < -0.4 is 0 Å². The normalized spacial score (nSPS) is 12.6. The minimum absolute atomic E-state index is 0.702. The number of fused-ring (bicyclic) bond motifs is 7. The van der Waals surface area contributed by atoms with Crippen LogP contribution in [0, 0.1) is 0 Å². The number of aryl methyl sites for hydroxylation is 1. The summed E-state index contributed by atoms with van der Waals surface area (Å²) >= 11 is 0. The second-order valence-electron chi connectivity index (χ2n) is 11.7. The lowest BCUT2D eigenvalue weighted by molar-refractivity contribution is 0.673. The molecule has 0 aliphatic heterocycles. The van der Waals surface area contributed by atoms with Crippen molar-refractivity contribution in [3.05, 3.63) is 151 Å². The van der Waals surface area contributed by atoms with Crippen LogP contribution in [0.1, 0.15) is 17.5 Å². The van der Waals surface area contributed by atoms with Crippen LogP contribution in [0.15, 0.2) is 144 Å². The Labute approximate surface area is 261 Å². The highest BCUT2D eigenvalue weighted by Gasteiger charge is 2.18. The molecule has 3 heteroatoms. The summed E-state index contributed by atoms with van der Waals surface area (Å²) in [7, 11) is 0.